The van der Waals surface area contributed by atoms with Crippen LogP contribution in [0.5, 0.6) is 5.75 Å². The van der Waals surface area contributed by atoms with E-state index in [2.05, 4.69) is 0 Å². The Kier molecular flexibility index (Phi) is 3.12. The van der Waals surface area contributed by atoms with Crippen LogP contribution in [0.2, 0.25) is 19.6 Å². The van der Waals surface area contributed by atoms with E-state index in [4.69, 9.17) is 13.9 Å². The third kappa shape index (κ3) is 3.01. The number of hydrogen-bond acceptors (Lipinski definition) is 4. The van der Waals surface area contributed by atoms with Crippen LogP contribution in [0.4, 0.5) is 0 Å². The summed E-state index contributed by atoms with van der Waals surface area (Å²) < 4.78 is 10.5. The summed E-state index contributed by atoms with van der Waals surface area (Å²) in [6.07, 6.45) is 1.26. The Morgan fingerprint density at radius 1 is 1.50 bits per heavy atom. The standard InChI is InChI=1S/C9H14O4Si/c1-14(2,3)13-9-6-12-7(5-10)4-8(9)11/h4,6,10H,5H2,1-3H3. The van der Waals surface area contributed by atoms with Gasteiger partial charge in [-0.25, -0.2) is 0 Å². The molecule has 0 radical (unpaired) electrons. The lowest BCUT2D eigenvalue weighted by Crippen LogP contribution is -2.31. The van der Waals surface area contributed by atoms with E-state index < -0.39 is 8.32 Å². The van der Waals surface area contributed by atoms with Crippen molar-refractivity contribution in [1.82, 2.24) is 0 Å². The highest BCUT2D eigenvalue weighted by atomic mass is 28.4. The van der Waals surface area contributed by atoms with Gasteiger partial charge >= 0.3 is 0 Å². The molecule has 0 saturated heterocycles. The lowest BCUT2D eigenvalue weighted by Gasteiger charge is -2.17. The molecule has 4 nitrogen and oxygen atoms in total. The second-order valence-corrected chi connectivity index (χ2v) is 8.38. The van der Waals surface area contributed by atoms with Crippen LogP contribution in [-0.4, -0.2) is 13.4 Å². The van der Waals surface area contributed by atoms with Gasteiger partial charge < -0.3 is 13.9 Å². The second-order valence-electron chi connectivity index (χ2n) is 3.95. The van der Waals surface area contributed by atoms with Gasteiger partial charge in [-0.05, 0) is 19.6 Å². The van der Waals surface area contributed by atoms with Crippen LogP contribution in [0.3, 0.4) is 0 Å². The van der Waals surface area contributed by atoms with Gasteiger partial charge in [-0.3, -0.25) is 4.79 Å². The summed E-state index contributed by atoms with van der Waals surface area (Å²) >= 11 is 0. The molecule has 5 heteroatoms. The van der Waals surface area contributed by atoms with Gasteiger partial charge in [0.2, 0.25) is 13.7 Å². The molecule has 0 aliphatic rings. The van der Waals surface area contributed by atoms with Crippen molar-refractivity contribution >= 4 is 8.32 Å². The molecule has 0 aliphatic heterocycles. The fourth-order valence-electron chi connectivity index (χ4n) is 0.926. The molecule has 1 rings (SSSR count). The molecule has 14 heavy (non-hydrogen) atoms. The van der Waals surface area contributed by atoms with Gasteiger partial charge in [0.25, 0.3) is 0 Å². The first kappa shape index (κ1) is 11.0. The topological polar surface area (TPSA) is 59.7 Å². The highest BCUT2D eigenvalue weighted by molar-refractivity contribution is 6.70. The van der Waals surface area contributed by atoms with Crippen LogP contribution < -0.4 is 9.85 Å². The lowest BCUT2D eigenvalue weighted by atomic mass is 10.4. The van der Waals surface area contributed by atoms with E-state index in [1.807, 2.05) is 19.6 Å². The van der Waals surface area contributed by atoms with Crippen LogP contribution >= 0.6 is 0 Å². The van der Waals surface area contributed by atoms with Crippen molar-refractivity contribution in [3.05, 3.63) is 28.3 Å². The minimum absolute atomic E-state index is 0.223. The zero-order chi connectivity index (χ0) is 10.8. The summed E-state index contributed by atoms with van der Waals surface area (Å²) in [6.45, 7) is 5.66. The zero-order valence-corrected chi connectivity index (χ0v) is 9.53. The first-order valence-electron chi connectivity index (χ1n) is 4.34. The maximum atomic E-state index is 11.4. The van der Waals surface area contributed by atoms with Crippen molar-refractivity contribution in [3.8, 4) is 5.75 Å². The number of hydrogen-bond donors (Lipinski definition) is 1. The predicted molar refractivity (Wildman–Crippen MR) is 54.9 cm³/mol. The summed E-state index contributed by atoms with van der Waals surface area (Å²) in [6, 6.07) is 1.25. The fourth-order valence-corrected chi connectivity index (χ4v) is 1.73. The van der Waals surface area contributed by atoms with Crippen LogP contribution in [0, 0.1) is 0 Å². The van der Waals surface area contributed by atoms with E-state index in [0.29, 0.717) is 0 Å². The van der Waals surface area contributed by atoms with E-state index in [1.165, 1.54) is 12.3 Å². The van der Waals surface area contributed by atoms with Gasteiger partial charge in [0.15, 0.2) is 5.75 Å². The summed E-state index contributed by atoms with van der Waals surface area (Å²) in [5.74, 6) is 0.472. The zero-order valence-electron chi connectivity index (χ0n) is 8.53. The number of rotatable bonds is 3. The maximum absolute atomic E-state index is 11.4. The molecule has 1 aromatic heterocycles. The molecule has 0 amide bonds. The van der Waals surface area contributed by atoms with E-state index >= 15 is 0 Å². The maximum Gasteiger partial charge on any atom is 0.242 e. The van der Waals surface area contributed by atoms with Crippen LogP contribution in [0.1, 0.15) is 5.76 Å². The van der Waals surface area contributed by atoms with Crippen molar-refractivity contribution in [3.63, 3.8) is 0 Å². The molecule has 1 N–H and O–H groups in total. The van der Waals surface area contributed by atoms with E-state index in [-0.39, 0.29) is 23.5 Å². The van der Waals surface area contributed by atoms with Gasteiger partial charge in [-0.1, -0.05) is 0 Å². The number of aliphatic hydroxyl groups excluding tert-OH is 1. The molecular formula is C9H14O4Si. The van der Waals surface area contributed by atoms with Gasteiger partial charge in [0, 0.05) is 6.07 Å². The van der Waals surface area contributed by atoms with E-state index in [0.717, 1.165) is 0 Å². The Hall–Kier alpha value is -1.07. The normalized spacial score (nSPS) is 11.4. The second kappa shape index (κ2) is 3.98. The molecule has 78 valence electrons. The first-order valence-corrected chi connectivity index (χ1v) is 7.75. The Bertz CT molecular complexity index is 364. The lowest BCUT2D eigenvalue weighted by molar-refractivity contribution is 0.242. The van der Waals surface area contributed by atoms with Crippen molar-refractivity contribution in [2.24, 2.45) is 0 Å². The predicted octanol–water partition coefficient (Wildman–Crippen LogP) is 1.35. The SMILES string of the molecule is C[Si](C)(C)Oc1coc(CO)cc1=O. The van der Waals surface area contributed by atoms with E-state index in [1.54, 1.807) is 0 Å². The van der Waals surface area contributed by atoms with Crippen molar-refractivity contribution in [2.75, 3.05) is 0 Å². The van der Waals surface area contributed by atoms with E-state index in [9.17, 15) is 4.79 Å². The number of aliphatic hydroxyl groups is 1. The van der Waals surface area contributed by atoms with Gasteiger partial charge in [-0.15, -0.1) is 0 Å². The largest absolute Gasteiger partial charge is 0.540 e. The molecule has 0 spiro atoms. The van der Waals surface area contributed by atoms with Crippen LogP contribution in [0.15, 0.2) is 21.5 Å². The molecule has 0 fully saturated rings. The smallest absolute Gasteiger partial charge is 0.242 e. The quantitative estimate of drug-likeness (QED) is 0.771. The molecule has 0 saturated carbocycles. The Labute approximate surface area is 83.3 Å². The van der Waals surface area contributed by atoms with Crippen LogP contribution in [-0.2, 0) is 6.61 Å². The van der Waals surface area contributed by atoms with Crippen molar-refractivity contribution < 1.29 is 13.9 Å². The fraction of sp³-hybridized carbons (Fsp3) is 0.444. The molecule has 0 aliphatic carbocycles. The third-order valence-electron chi connectivity index (χ3n) is 1.42. The summed E-state index contributed by atoms with van der Waals surface area (Å²) in [5.41, 5.74) is -0.247. The Balaban J connectivity index is 2.96. The Morgan fingerprint density at radius 2 is 2.14 bits per heavy atom. The minimum atomic E-state index is -1.78. The van der Waals surface area contributed by atoms with Crippen LogP contribution in [0.25, 0.3) is 0 Å². The molecule has 0 unspecified atom stereocenters. The van der Waals surface area contributed by atoms with Crippen molar-refractivity contribution in [2.45, 2.75) is 26.2 Å². The molecule has 1 aromatic rings. The van der Waals surface area contributed by atoms with Gasteiger partial charge in [-0.2, -0.15) is 0 Å². The summed E-state index contributed by atoms with van der Waals surface area (Å²) in [4.78, 5) is 11.4. The molecule has 0 atom stereocenters. The van der Waals surface area contributed by atoms with Gasteiger partial charge in [0.1, 0.15) is 18.6 Å². The highest BCUT2D eigenvalue weighted by Gasteiger charge is 2.18. The first-order chi connectivity index (χ1) is 6.42. The van der Waals surface area contributed by atoms with Crippen molar-refractivity contribution in [1.29, 1.82) is 0 Å². The average Bonchev–Trinajstić information content (AvgIpc) is 2.06. The summed E-state index contributed by atoms with van der Waals surface area (Å²) in [5, 5.41) is 8.72. The monoisotopic (exact) mass is 214 g/mol. The molecule has 0 aromatic carbocycles. The minimum Gasteiger partial charge on any atom is -0.540 e. The average molecular weight is 214 g/mol. The summed E-state index contributed by atoms with van der Waals surface area (Å²) in [7, 11) is -1.78. The molecule has 0 bridgehead atoms. The molecule has 1 heterocycles. The molecular weight excluding hydrogens is 200 g/mol. The Morgan fingerprint density at radius 3 is 2.57 bits per heavy atom. The highest BCUT2D eigenvalue weighted by Crippen LogP contribution is 2.11. The third-order valence-corrected chi connectivity index (χ3v) is 2.26. The van der Waals surface area contributed by atoms with Gasteiger partial charge in [0.05, 0.1) is 0 Å².